The highest BCUT2D eigenvalue weighted by molar-refractivity contribution is 6.30. The van der Waals surface area contributed by atoms with Gasteiger partial charge in [-0.2, -0.15) is 5.10 Å². The molecule has 0 atom stereocenters. The molecule has 5 nitrogen and oxygen atoms in total. The third kappa shape index (κ3) is 3.49. The highest BCUT2D eigenvalue weighted by atomic mass is 35.5. The summed E-state index contributed by atoms with van der Waals surface area (Å²) < 4.78 is 1.71. The summed E-state index contributed by atoms with van der Waals surface area (Å²) in [6.07, 6.45) is 3.27. The van der Waals surface area contributed by atoms with E-state index in [0.717, 1.165) is 16.8 Å². The summed E-state index contributed by atoms with van der Waals surface area (Å²) in [5.74, 6) is -0.213. The van der Waals surface area contributed by atoms with Gasteiger partial charge in [-0.05, 0) is 54.8 Å². The molecule has 2 aromatic carbocycles. The van der Waals surface area contributed by atoms with E-state index in [1.807, 2.05) is 18.2 Å². The Balaban J connectivity index is 1.63. The van der Waals surface area contributed by atoms with E-state index in [2.05, 4.69) is 47.4 Å². The molecular formula is C22H19ClN4O. The van der Waals surface area contributed by atoms with Gasteiger partial charge in [-0.3, -0.25) is 4.79 Å². The Labute approximate surface area is 168 Å². The zero-order chi connectivity index (χ0) is 19.7. The average Bonchev–Trinajstić information content (AvgIpc) is 3.14. The average molecular weight is 391 g/mol. The SMILES string of the molecule is Cc1ccc(-c2ccnc3c(C(=O)NCc4ccc(Cl)cc4)cnn23)cc1C. The Bertz CT molecular complexity index is 1170. The number of nitrogens with zero attached hydrogens (tertiary/aromatic N) is 3. The van der Waals surface area contributed by atoms with E-state index in [4.69, 9.17) is 11.6 Å². The first-order chi connectivity index (χ1) is 13.5. The largest absolute Gasteiger partial charge is 0.348 e. The molecule has 0 saturated heterocycles. The van der Waals surface area contributed by atoms with Gasteiger partial charge in [-0.1, -0.05) is 35.9 Å². The number of rotatable bonds is 4. The van der Waals surface area contributed by atoms with Crippen molar-refractivity contribution in [3.8, 4) is 11.3 Å². The van der Waals surface area contributed by atoms with Gasteiger partial charge in [0.2, 0.25) is 0 Å². The predicted octanol–water partition coefficient (Wildman–Crippen LogP) is 4.60. The lowest BCUT2D eigenvalue weighted by Gasteiger charge is -2.08. The summed E-state index contributed by atoms with van der Waals surface area (Å²) in [5.41, 5.74) is 6.31. The number of nitrogens with one attached hydrogen (secondary N) is 1. The topological polar surface area (TPSA) is 59.3 Å². The van der Waals surface area contributed by atoms with Crippen LogP contribution in [0.4, 0.5) is 0 Å². The molecule has 0 saturated carbocycles. The molecule has 0 bridgehead atoms. The summed E-state index contributed by atoms with van der Waals surface area (Å²) >= 11 is 5.90. The van der Waals surface area contributed by atoms with E-state index in [0.29, 0.717) is 22.8 Å². The number of halogens is 1. The molecule has 6 heteroatoms. The van der Waals surface area contributed by atoms with Crippen LogP contribution in [0.3, 0.4) is 0 Å². The van der Waals surface area contributed by atoms with Gasteiger partial charge in [-0.15, -0.1) is 0 Å². The van der Waals surface area contributed by atoms with E-state index < -0.39 is 0 Å². The Morgan fingerprint density at radius 1 is 1.07 bits per heavy atom. The molecule has 2 aromatic heterocycles. The second-order valence-electron chi connectivity index (χ2n) is 6.73. The Hall–Kier alpha value is -3.18. The van der Waals surface area contributed by atoms with Crippen LogP contribution in [0.2, 0.25) is 5.02 Å². The van der Waals surface area contributed by atoms with Crippen molar-refractivity contribution in [3.63, 3.8) is 0 Å². The second kappa shape index (κ2) is 7.44. The van der Waals surface area contributed by atoms with Gasteiger partial charge in [0.25, 0.3) is 5.91 Å². The van der Waals surface area contributed by atoms with Crippen molar-refractivity contribution in [2.24, 2.45) is 0 Å². The highest BCUT2D eigenvalue weighted by Crippen LogP contribution is 2.23. The maximum atomic E-state index is 12.7. The van der Waals surface area contributed by atoms with E-state index in [9.17, 15) is 4.79 Å². The zero-order valence-corrected chi connectivity index (χ0v) is 16.4. The highest BCUT2D eigenvalue weighted by Gasteiger charge is 2.16. The first-order valence-corrected chi connectivity index (χ1v) is 9.34. The van der Waals surface area contributed by atoms with Crippen LogP contribution in [0.15, 0.2) is 60.9 Å². The third-order valence-electron chi connectivity index (χ3n) is 4.81. The normalized spacial score (nSPS) is 11.0. The van der Waals surface area contributed by atoms with Gasteiger partial charge in [-0.25, -0.2) is 9.50 Å². The summed E-state index contributed by atoms with van der Waals surface area (Å²) in [6, 6.07) is 15.5. The zero-order valence-electron chi connectivity index (χ0n) is 15.6. The summed E-state index contributed by atoms with van der Waals surface area (Å²) in [6.45, 7) is 4.57. The van der Waals surface area contributed by atoms with Crippen molar-refractivity contribution in [2.45, 2.75) is 20.4 Å². The van der Waals surface area contributed by atoms with Crippen molar-refractivity contribution in [1.29, 1.82) is 0 Å². The lowest BCUT2D eigenvalue weighted by atomic mass is 10.0. The lowest BCUT2D eigenvalue weighted by molar-refractivity contribution is 0.0952. The minimum Gasteiger partial charge on any atom is -0.348 e. The Kier molecular flexibility index (Phi) is 4.84. The molecule has 0 radical (unpaired) electrons. The molecule has 2 heterocycles. The third-order valence-corrected chi connectivity index (χ3v) is 5.07. The molecule has 0 spiro atoms. The van der Waals surface area contributed by atoms with Crippen LogP contribution in [0.25, 0.3) is 16.9 Å². The van der Waals surface area contributed by atoms with E-state index in [1.54, 1.807) is 29.0 Å². The van der Waals surface area contributed by atoms with Crippen molar-refractivity contribution in [2.75, 3.05) is 0 Å². The number of fused-ring (bicyclic) bond motifs is 1. The number of hydrogen-bond acceptors (Lipinski definition) is 3. The Morgan fingerprint density at radius 3 is 2.61 bits per heavy atom. The van der Waals surface area contributed by atoms with Crippen LogP contribution in [0.1, 0.15) is 27.0 Å². The van der Waals surface area contributed by atoms with Crippen LogP contribution in [0.5, 0.6) is 0 Å². The minimum atomic E-state index is -0.213. The van der Waals surface area contributed by atoms with Crippen LogP contribution >= 0.6 is 11.6 Å². The first kappa shape index (κ1) is 18.2. The molecule has 0 aliphatic carbocycles. The number of carbonyl (C=O) groups is 1. The van der Waals surface area contributed by atoms with Crippen LogP contribution < -0.4 is 5.32 Å². The fourth-order valence-electron chi connectivity index (χ4n) is 3.05. The molecule has 0 unspecified atom stereocenters. The maximum Gasteiger partial charge on any atom is 0.257 e. The molecule has 140 valence electrons. The predicted molar refractivity (Wildman–Crippen MR) is 111 cm³/mol. The first-order valence-electron chi connectivity index (χ1n) is 8.96. The molecule has 4 rings (SSSR count). The molecule has 1 amide bonds. The molecular weight excluding hydrogens is 372 g/mol. The van der Waals surface area contributed by atoms with E-state index in [-0.39, 0.29) is 5.91 Å². The molecule has 0 fully saturated rings. The Morgan fingerprint density at radius 2 is 1.86 bits per heavy atom. The summed E-state index contributed by atoms with van der Waals surface area (Å²) in [5, 5.41) is 7.99. The van der Waals surface area contributed by atoms with Crippen LogP contribution in [-0.2, 0) is 6.54 Å². The van der Waals surface area contributed by atoms with Crippen molar-refractivity contribution < 1.29 is 4.79 Å². The van der Waals surface area contributed by atoms with Crippen molar-refractivity contribution in [3.05, 3.63) is 88.2 Å². The van der Waals surface area contributed by atoms with Gasteiger partial charge in [0, 0.05) is 23.3 Å². The van der Waals surface area contributed by atoms with E-state index in [1.165, 1.54) is 11.1 Å². The van der Waals surface area contributed by atoms with Gasteiger partial charge in [0.1, 0.15) is 5.56 Å². The number of carbonyl (C=O) groups excluding carboxylic acids is 1. The van der Waals surface area contributed by atoms with Gasteiger partial charge >= 0.3 is 0 Å². The number of benzene rings is 2. The number of amides is 1. The minimum absolute atomic E-state index is 0.213. The number of aromatic nitrogens is 3. The molecule has 0 aliphatic heterocycles. The van der Waals surface area contributed by atoms with Gasteiger partial charge < -0.3 is 5.32 Å². The van der Waals surface area contributed by atoms with Crippen molar-refractivity contribution >= 4 is 23.2 Å². The van der Waals surface area contributed by atoms with E-state index >= 15 is 0 Å². The summed E-state index contributed by atoms with van der Waals surface area (Å²) in [4.78, 5) is 17.1. The summed E-state index contributed by atoms with van der Waals surface area (Å²) in [7, 11) is 0. The van der Waals surface area contributed by atoms with Gasteiger partial charge in [0.15, 0.2) is 5.65 Å². The maximum absolute atomic E-state index is 12.7. The smallest absolute Gasteiger partial charge is 0.257 e. The molecule has 1 N–H and O–H groups in total. The molecule has 4 aromatic rings. The van der Waals surface area contributed by atoms with Gasteiger partial charge in [0.05, 0.1) is 11.9 Å². The number of aryl methyl sites for hydroxylation is 2. The van der Waals surface area contributed by atoms with Crippen LogP contribution in [0, 0.1) is 13.8 Å². The lowest BCUT2D eigenvalue weighted by Crippen LogP contribution is -2.22. The second-order valence-corrected chi connectivity index (χ2v) is 7.17. The van der Waals surface area contributed by atoms with Crippen molar-refractivity contribution in [1.82, 2.24) is 19.9 Å². The standard InChI is InChI=1S/C22H19ClN4O/c1-14-3-6-17(11-15(14)2)20-9-10-24-21-19(13-26-27(20)21)22(28)25-12-16-4-7-18(23)8-5-16/h3-11,13H,12H2,1-2H3,(H,25,28). The molecule has 0 aliphatic rings. The monoisotopic (exact) mass is 390 g/mol. The molecule has 28 heavy (non-hydrogen) atoms. The fraction of sp³-hybridized carbons (Fsp3) is 0.136. The number of hydrogen-bond donors (Lipinski definition) is 1. The quantitative estimate of drug-likeness (QED) is 0.554. The fourth-order valence-corrected chi connectivity index (χ4v) is 3.18. The van der Waals surface area contributed by atoms with Crippen LogP contribution in [-0.4, -0.2) is 20.5 Å².